The fourth-order valence-corrected chi connectivity index (χ4v) is 3.23. The molecule has 0 aliphatic rings. The number of hydrogen-bond donors (Lipinski definition) is 0. The van der Waals surface area contributed by atoms with Crippen LogP contribution in [0.25, 0.3) is 5.69 Å². The first-order valence-corrected chi connectivity index (χ1v) is 8.01. The zero-order chi connectivity index (χ0) is 17.4. The zero-order valence-electron chi connectivity index (χ0n) is 10.6. The third kappa shape index (κ3) is 4.30. The monoisotopic (exact) mass is 428 g/mol. The number of benzene rings is 1. The maximum absolute atomic E-state index is 12.4. The minimum atomic E-state index is -4.90. The molecule has 0 spiro atoms. The number of rotatable bonds is 4. The normalized spacial score (nSPS) is 11.8. The molecule has 0 saturated carbocycles. The van der Waals surface area contributed by atoms with Crippen molar-refractivity contribution >= 4 is 58.2 Å². The summed E-state index contributed by atoms with van der Waals surface area (Å²) in [6.07, 6.45) is -4.90. The molecule has 2 aromatic rings. The van der Waals surface area contributed by atoms with E-state index in [-0.39, 0.29) is 30.9 Å². The lowest BCUT2D eigenvalue weighted by Gasteiger charge is -2.13. The molecule has 1 aromatic carbocycles. The number of alkyl halides is 4. The molecule has 0 N–H and O–H groups in total. The number of halogens is 8. The topological polar surface area (TPSA) is 27.1 Å². The Balaban J connectivity index is 2.51. The molecule has 1 heterocycles. The van der Waals surface area contributed by atoms with E-state index < -0.39 is 18.1 Å². The summed E-state index contributed by atoms with van der Waals surface area (Å²) < 4.78 is 53.8. The molecule has 0 saturated heterocycles. The summed E-state index contributed by atoms with van der Waals surface area (Å²) in [5.41, 5.74) is -0.0135. The van der Waals surface area contributed by atoms with E-state index in [2.05, 4.69) is 9.84 Å². The molecule has 0 aliphatic heterocycles. The van der Waals surface area contributed by atoms with E-state index in [1.54, 1.807) is 0 Å². The SMILES string of the molecule is FCSc1nn(-c2c(Cl)cc(OC(F)(F)F)cc2Cl)c(Cl)c1Cl. The van der Waals surface area contributed by atoms with Crippen molar-refractivity contribution in [1.82, 2.24) is 9.78 Å². The molecule has 2 rings (SSSR count). The molecule has 126 valence electrons. The minimum Gasteiger partial charge on any atom is -0.406 e. The van der Waals surface area contributed by atoms with Crippen LogP contribution in [0.4, 0.5) is 17.6 Å². The Morgan fingerprint density at radius 3 is 2.17 bits per heavy atom. The van der Waals surface area contributed by atoms with Gasteiger partial charge >= 0.3 is 6.36 Å². The van der Waals surface area contributed by atoms with Gasteiger partial charge in [0.15, 0.2) is 5.15 Å². The van der Waals surface area contributed by atoms with Crippen LogP contribution in [0.3, 0.4) is 0 Å². The summed E-state index contributed by atoms with van der Waals surface area (Å²) in [5.74, 6) is -0.607. The summed E-state index contributed by atoms with van der Waals surface area (Å²) in [6.45, 7) is 0. The van der Waals surface area contributed by atoms with E-state index >= 15 is 0 Å². The highest BCUT2D eigenvalue weighted by Crippen LogP contribution is 2.40. The standard InChI is InChI=1S/C11H4Cl4F4N2OS/c12-5-1-4(22-11(17,18)19)2-6(13)8(5)21-9(15)7(14)10(20-21)23-3-16/h1-2H,3H2. The smallest absolute Gasteiger partial charge is 0.406 e. The Morgan fingerprint density at radius 2 is 1.70 bits per heavy atom. The number of ether oxygens (including phenoxy) is 1. The second kappa shape index (κ2) is 7.14. The van der Waals surface area contributed by atoms with E-state index in [1.807, 2.05) is 0 Å². The van der Waals surface area contributed by atoms with E-state index in [1.165, 1.54) is 0 Å². The van der Waals surface area contributed by atoms with E-state index in [9.17, 15) is 17.6 Å². The summed E-state index contributed by atoms with van der Waals surface area (Å²) in [6, 6.07) is 0.987. The van der Waals surface area contributed by atoms with Crippen LogP contribution in [0.15, 0.2) is 17.2 Å². The van der Waals surface area contributed by atoms with E-state index in [4.69, 9.17) is 46.4 Å². The van der Waals surface area contributed by atoms with Crippen LogP contribution in [0.2, 0.25) is 20.2 Å². The van der Waals surface area contributed by atoms with Crippen molar-refractivity contribution in [3.8, 4) is 11.4 Å². The van der Waals surface area contributed by atoms with Gasteiger partial charge in [0.25, 0.3) is 0 Å². The van der Waals surface area contributed by atoms with Crippen LogP contribution in [0.5, 0.6) is 5.75 Å². The Hall–Kier alpha value is -0.540. The lowest BCUT2D eigenvalue weighted by Crippen LogP contribution is -2.17. The lowest BCUT2D eigenvalue weighted by atomic mass is 10.3. The summed E-state index contributed by atoms with van der Waals surface area (Å²) in [4.78, 5) is 0. The third-order valence-electron chi connectivity index (χ3n) is 2.37. The first kappa shape index (κ1) is 18.8. The van der Waals surface area contributed by atoms with Crippen molar-refractivity contribution in [2.45, 2.75) is 11.4 Å². The summed E-state index contributed by atoms with van der Waals surface area (Å²) >= 11 is 24.4. The van der Waals surface area contributed by atoms with Gasteiger partial charge in [0.2, 0.25) is 0 Å². The van der Waals surface area contributed by atoms with Gasteiger partial charge in [-0.2, -0.15) is 5.10 Å². The summed E-state index contributed by atoms with van der Waals surface area (Å²) in [7, 11) is 0. The third-order valence-corrected chi connectivity index (χ3v) is 4.53. The predicted molar refractivity (Wildman–Crippen MR) is 82.1 cm³/mol. The molecular weight excluding hydrogens is 426 g/mol. The highest BCUT2D eigenvalue weighted by molar-refractivity contribution is 7.99. The molecule has 3 nitrogen and oxygen atoms in total. The molecule has 0 fully saturated rings. The zero-order valence-corrected chi connectivity index (χ0v) is 14.4. The average Bonchev–Trinajstić information content (AvgIpc) is 2.65. The van der Waals surface area contributed by atoms with Gasteiger partial charge in [-0.05, 0) is 0 Å². The van der Waals surface area contributed by atoms with Gasteiger partial charge in [-0.1, -0.05) is 58.2 Å². The van der Waals surface area contributed by atoms with Crippen LogP contribution >= 0.6 is 58.2 Å². The fraction of sp³-hybridized carbons (Fsp3) is 0.182. The van der Waals surface area contributed by atoms with Gasteiger partial charge in [-0.15, -0.1) is 13.2 Å². The lowest BCUT2D eigenvalue weighted by molar-refractivity contribution is -0.274. The van der Waals surface area contributed by atoms with E-state index in [0.717, 1.165) is 16.8 Å². The highest BCUT2D eigenvalue weighted by Gasteiger charge is 2.32. The Labute approximate surface area is 151 Å². The Bertz CT molecular complexity index is 715. The van der Waals surface area contributed by atoms with Crippen LogP contribution in [-0.2, 0) is 0 Å². The second-order valence-electron chi connectivity index (χ2n) is 3.86. The van der Waals surface area contributed by atoms with Crippen molar-refractivity contribution in [2.24, 2.45) is 0 Å². The predicted octanol–water partition coefficient (Wildman–Crippen LogP) is 6.40. The molecule has 0 amide bonds. The molecule has 23 heavy (non-hydrogen) atoms. The van der Waals surface area contributed by atoms with Crippen molar-refractivity contribution in [2.75, 3.05) is 6.01 Å². The first-order chi connectivity index (χ1) is 10.6. The van der Waals surface area contributed by atoms with Crippen LogP contribution < -0.4 is 4.74 Å². The molecule has 0 aliphatic carbocycles. The molecule has 12 heteroatoms. The van der Waals surface area contributed by atoms with Crippen molar-refractivity contribution < 1.29 is 22.3 Å². The first-order valence-electron chi connectivity index (χ1n) is 5.52. The summed E-state index contributed by atoms with van der Waals surface area (Å²) in [5, 5.41) is 3.45. The van der Waals surface area contributed by atoms with Crippen LogP contribution in [-0.4, -0.2) is 22.1 Å². The van der Waals surface area contributed by atoms with Gasteiger partial charge in [0.1, 0.15) is 27.5 Å². The largest absolute Gasteiger partial charge is 0.573 e. The van der Waals surface area contributed by atoms with Gasteiger partial charge in [0, 0.05) is 12.1 Å². The number of aromatic nitrogens is 2. The maximum atomic E-state index is 12.4. The van der Waals surface area contributed by atoms with Gasteiger partial charge < -0.3 is 4.74 Å². The Kier molecular flexibility index (Phi) is 5.84. The molecule has 0 unspecified atom stereocenters. The second-order valence-corrected chi connectivity index (χ2v) is 6.30. The molecule has 0 radical (unpaired) electrons. The number of hydrogen-bond acceptors (Lipinski definition) is 3. The van der Waals surface area contributed by atoms with Gasteiger partial charge in [0.05, 0.1) is 10.0 Å². The molecule has 0 atom stereocenters. The van der Waals surface area contributed by atoms with Crippen molar-refractivity contribution in [3.63, 3.8) is 0 Å². The van der Waals surface area contributed by atoms with Gasteiger partial charge in [-0.25, -0.2) is 9.07 Å². The maximum Gasteiger partial charge on any atom is 0.573 e. The number of nitrogens with zero attached hydrogens (tertiary/aromatic N) is 2. The molecule has 0 bridgehead atoms. The molecule has 1 aromatic heterocycles. The van der Waals surface area contributed by atoms with Crippen molar-refractivity contribution in [3.05, 3.63) is 32.4 Å². The average molecular weight is 430 g/mol. The highest BCUT2D eigenvalue weighted by atomic mass is 35.5. The quantitative estimate of drug-likeness (QED) is 0.415. The van der Waals surface area contributed by atoms with E-state index in [0.29, 0.717) is 11.8 Å². The molecular formula is C11H4Cl4F4N2OS. The fourth-order valence-electron chi connectivity index (χ4n) is 1.59. The van der Waals surface area contributed by atoms with Crippen LogP contribution in [0.1, 0.15) is 0 Å². The number of thioether (sulfide) groups is 1. The van der Waals surface area contributed by atoms with Gasteiger partial charge in [-0.3, -0.25) is 0 Å². The Morgan fingerprint density at radius 1 is 1.13 bits per heavy atom. The van der Waals surface area contributed by atoms with Crippen molar-refractivity contribution in [1.29, 1.82) is 0 Å². The van der Waals surface area contributed by atoms with Crippen LogP contribution in [0, 0.1) is 0 Å². The minimum absolute atomic E-state index is 0.0135.